The maximum Gasteiger partial charge on any atom is 0.319 e. The molecule has 1 saturated carbocycles. The summed E-state index contributed by atoms with van der Waals surface area (Å²) in [4.78, 5) is 18.1. The van der Waals surface area contributed by atoms with Crippen molar-refractivity contribution in [1.82, 2.24) is 19.9 Å². The first kappa shape index (κ1) is 28.8. The molecule has 8 nitrogen and oxygen atoms in total. The van der Waals surface area contributed by atoms with Crippen molar-refractivity contribution in [3.63, 3.8) is 0 Å². The molecule has 2 N–H and O–H groups in total. The Morgan fingerprint density at radius 2 is 1.98 bits per heavy atom. The van der Waals surface area contributed by atoms with Crippen molar-refractivity contribution in [2.45, 2.75) is 63.3 Å². The van der Waals surface area contributed by atoms with Crippen LogP contribution in [0, 0.1) is 23.5 Å². The average Bonchev–Trinajstić information content (AvgIpc) is 3.63. The number of piperidine rings is 1. The third kappa shape index (κ3) is 4.69. The van der Waals surface area contributed by atoms with Crippen LogP contribution < -0.4 is 9.64 Å². The average molecular weight is 620 g/mol. The summed E-state index contributed by atoms with van der Waals surface area (Å²) in [6, 6.07) is 5.84. The van der Waals surface area contributed by atoms with Crippen LogP contribution in [0.2, 0.25) is 0 Å². The number of hydrogen-bond donors (Lipinski definition) is 2. The zero-order valence-electron chi connectivity index (χ0n) is 25.1. The minimum atomic E-state index is -0.918. The molecule has 5 heterocycles. The smallest absolute Gasteiger partial charge is 0.319 e. The Morgan fingerprint density at radius 3 is 2.80 bits per heavy atom. The van der Waals surface area contributed by atoms with Gasteiger partial charge in [-0.2, -0.15) is 9.97 Å². The van der Waals surface area contributed by atoms with Crippen molar-refractivity contribution in [1.29, 1.82) is 0 Å². The Kier molecular flexibility index (Phi) is 6.83. The van der Waals surface area contributed by atoms with Gasteiger partial charge in [0.05, 0.1) is 17.0 Å². The van der Waals surface area contributed by atoms with Gasteiger partial charge in [0.15, 0.2) is 5.82 Å². The van der Waals surface area contributed by atoms with E-state index in [-0.39, 0.29) is 53.1 Å². The molecule has 1 aliphatic carbocycles. The number of halogens is 3. The molecule has 4 aliphatic rings. The largest absolute Gasteiger partial charge is 0.508 e. The van der Waals surface area contributed by atoms with Crippen molar-refractivity contribution < 1.29 is 28.1 Å². The molecule has 2 aromatic heterocycles. The highest BCUT2D eigenvalue weighted by molar-refractivity contribution is 6.01. The second-order valence-corrected chi connectivity index (χ2v) is 13.4. The molecule has 0 spiro atoms. The normalized spacial score (nSPS) is 28.0. The topological polar surface area (TPSA) is 94.8 Å². The number of aromatic hydroxyl groups is 1. The van der Waals surface area contributed by atoms with Crippen LogP contribution in [0.25, 0.3) is 32.9 Å². The number of aliphatic hydroxyl groups is 1. The zero-order chi connectivity index (χ0) is 31.0. The highest BCUT2D eigenvalue weighted by Crippen LogP contribution is 2.43. The first-order valence-corrected chi connectivity index (χ1v) is 16.0. The van der Waals surface area contributed by atoms with E-state index in [0.717, 1.165) is 25.8 Å². The molecule has 0 amide bonds. The molecular formula is C34H36F3N5O3. The molecule has 4 aromatic rings. The number of nitrogens with zero attached hydrogens (tertiary/aromatic N) is 5. The number of ether oxygens (including phenoxy) is 1. The van der Waals surface area contributed by atoms with Crippen LogP contribution in [0.1, 0.15) is 44.6 Å². The molecule has 45 heavy (non-hydrogen) atoms. The quantitative estimate of drug-likeness (QED) is 0.290. The van der Waals surface area contributed by atoms with Crippen LogP contribution in [-0.2, 0) is 6.42 Å². The Bertz CT molecular complexity index is 1820. The van der Waals surface area contributed by atoms with Crippen LogP contribution in [0.3, 0.4) is 0 Å². The molecule has 11 heteroatoms. The van der Waals surface area contributed by atoms with Gasteiger partial charge in [-0.15, -0.1) is 0 Å². The van der Waals surface area contributed by atoms with E-state index in [4.69, 9.17) is 9.72 Å². The lowest BCUT2D eigenvalue weighted by Crippen LogP contribution is -2.43. The van der Waals surface area contributed by atoms with E-state index in [1.54, 1.807) is 6.07 Å². The number of fused-ring (bicyclic) bond motifs is 5. The number of phenolic OH excluding ortho intramolecular Hbond substituents is 1. The lowest BCUT2D eigenvalue weighted by Gasteiger charge is -2.34. The summed E-state index contributed by atoms with van der Waals surface area (Å²) in [5.74, 6) is -0.384. The molecule has 8 rings (SSSR count). The van der Waals surface area contributed by atoms with Gasteiger partial charge in [0.25, 0.3) is 0 Å². The van der Waals surface area contributed by atoms with Gasteiger partial charge in [0.2, 0.25) is 0 Å². The van der Waals surface area contributed by atoms with Crippen molar-refractivity contribution in [3.05, 3.63) is 47.7 Å². The number of anilines is 1. The summed E-state index contributed by atoms with van der Waals surface area (Å²) in [7, 11) is 0. The van der Waals surface area contributed by atoms with E-state index in [9.17, 15) is 19.0 Å². The van der Waals surface area contributed by atoms with Gasteiger partial charge in [-0.3, -0.25) is 9.88 Å². The first-order chi connectivity index (χ1) is 21.7. The molecule has 236 valence electrons. The summed E-state index contributed by atoms with van der Waals surface area (Å²) >= 11 is 0. The predicted octanol–water partition coefficient (Wildman–Crippen LogP) is 5.55. The van der Waals surface area contributed by atoms with Gasteiger partial charge in [0, 0.05) is 43.7 Å². The summed E-state index contributed by atoms with van der Waals surface area (Å²) in [5, 5.41) is 22.6. The van der Waals surface area contributed by atoms with Gasteiger partial charge in [-0.1, -0.05) is 13.0 Å². The number of pyridine rings is 1. The van der Waals surface area contributed by atoms with E-state index in [2.05, 4.69) is 19.8 Å². The van der Waals surface area contributed by atoms with Gasteiger partial charge in [0.1, 0.15) is 41.4 Å². The molecule has 4 fully saturated rings. The lowest BCUT2D eigenvalue weighted by molar-refractivity contribution is 0.107. The Labute approximate surface area is 258 Å². The summed E-state index contributed by atoms with van der Waals surface area (Å²) in [6.45, 7) is 4.43. The number of alkyl halides is 1. The number of phenols is 1. The molecule has 0 unspecified atom stereocenters. The number of aryl methyl sites for hydroxylation is 1. The maximum atomic E-state index is 16.8. The van der Waals surface area contributed by atoms with E-state index in [1.807, 2.05) is 6.92 Å². The highest BCUT2D eigenvalue weighted by atomic mass is 19.1. The minimum absolute atomic E-state index is 0.0000173. The fourth-order valence-corrected chi connectivity index (χ4v) is 8.60. The summed E-state index contributed by atoms with van der Waals surface area (Å²) in [5.41, 5.74) is 0.171. The third-order valence-corrected chi connectivity index (χ3v) is 10.6. The maximum absolute atomic E-state index is 16.8. The standard InChI is InChI=1S/C34H36F3N5O3/c1-2-23-26(36)5-4-19-10-22(43)11-24(28(19)23)30-29(37)31-25(13-38-30)32(41-14-18-8-20(15-41)27(44)9-18)40-33(39-31)45-17-34-6-3-7-42(34)16-21(35)12-34/h4-5,10-11,13,18,20-21,27,43-44H,2-3,6-9,12,14-17H2,1H3/t18-,20-,21+,27-,34+/m1/s1. The minimum Gasteiger partial charge on any atom is -0.508 e. The van der Waals surface area contributed by atoms with Gasteiger partial charge in [-0.25, -0.2) is 13.2 Å². The third-order valence-electron chi connectivity index (χ3n) is 10.6. The fraction of sp³-hybridized carbons (Fsp3) is 0.500. The molecule has 3 aliphatic heterocycles. The van der Waals surface area contributed by atoms with Crippen molar-refractivity contribution in [2.75, 3.05) is 37.7 Å². The molecule has 2 aromatic carbocycles. The monoisotopic (exact) mass is 619 g/mol. The van der Waals surface area contributed by atoms with Crippen LogP contribution in [0.4, 0.5) is 19.0 Å². The van der Waals surface area contributed by atoms with E-state index < -0.39 is 23.3 Å². The lowest BCUT2D eigenvalue weighted by atomic mass is 9.94. The van der Waals surface area contributed by atoms with E-state index >= 15 is 4.39 Å². The predicted molar refractivity (Wildman–Crippen MR) is 164 cm³/mol. The number of hydrogen-bond acceptors (Lipinski definition) is 8. The summed E-state index contributed by atoms with van der Waals surface area (Å²) < 4.78 is 52.5. The Morgan fingerprint density at radius 1 is 1.11 bits per heavy atom. The Hall–Kier alpha value is -3.70. The zero-order valence-corrected chi connectivity index (χ0v) is 25.1. The number of benzene rings is 2. The first-order valence-electron chi connectivity index (χ1n) is 16.0. The molecular weight excluding hydrogens is 583 g/mol. The van der Waals surface area contributed by atoms with Crippen molar-refractivity contribution in [3.8, 4) is 23.0 Å². The van der Waals surface area contributed by atoms with Crippen molar-refractivity contribution in [2.24, 2.45) is 11.8 Å². The number of aliphatic hydroxyl groups excluding tert-OH is 1. The molecule has 3 saturated heterocycles. The van der Waals surface area contributed by atoms with Crippen LogP contribution in [-0.4, -0.2) is 80.7 Å². The molecule has 2 bridgehead atoms. The van der Waals surface area contributed by atoms with Gasteiger partial charge < -0.3 is 19.8 Å². The van der Waals surface area contributed by atoms with Crippen LogP contribution >= 0.6 is 0 Å². The van der Waals surface area contributed by atoms with Gasteiger partial charge in [-0.05, 0) is 79.1 Å². The molecule has 0 radical (unpaired) electrons. The fourth-order valence-electron chi connectivity index (χ4n) is 8.60. The second-order valence-electron chi connectivity index (χ2n) is 13.4. The van der Waals surface area contributed by atoms with Crippen molar-refractivity contribution >= 4 is 27.5 Å². The van der Waals surface area contributed by atoms with Crippen LogP contribution in [0.5, 0.6) is 11.8 Å². The molecule has 5 atom stereocenters. The Balaban J connectivity index is 1.27. The number of aromatic nitrogens is 3. The number of rotatable bonds is 6. The summed E-state index contributed by atoms with van der Waals surface area (Å²) in [6.07, 6.45) is 4.39. The second kappa shape index (κ2) is 10.7. The van der Waals surface area contributed by atoms with Crippen LogP contribution in [0.15, 0.2) is 30.5 Å². The van der Waals surface area contributed by atoms with E-state index in [0.29, 0.717) is 66.4 Å². The van der Waals surface area contributed by atoms with E-state index in [1.165, 1.54) is 24.4 Å². The highest BCUT2D eigenvalue weighted by Gasteiger charge is 2.49. The SMILES string of the molecule is CCc1c(F)ccc2cc(O)cc(-c3ncc4c(N5C[C@@H]6C[C@H](C5)[C@H](O)C6)nc(OC[C@@]56CCCN5C[C@@H](F)C6)nc4c3F)c12. The van der Waals surface area contributed by atoms with Gasteiger partial charge >= 0.3 is 6.01 Å².